The molecule has 3 aliphatic carbocycles. The number of rotatable bonds is 2. The van der Waals surface area contributed by atoms with Crippen LogP contribution < -0.4 is 5.73 Å². The van der Waals surface area contributed by atoms with Crippen molar-refractivity contribution >= 4 is 5.97 Å². The summed E-state index contributed by atoms with van der Waals surface area (Å²) in [7, 11) is 0. The molecule has 0 aliphatic heterocycles. The standard InChI is InChI=1S/C16H27NO2/c1-9-5-10(2)7-13(6-9)19-16(18)14-11-3-4-12(8-11)15(14)17/h9-15H,3-8,17H2,1-2H3. The zero-order valence-electron chi connectivity index (χ0n) is 12.2. The van der Waals surface area contributed by atoms with Crippen molar-refractivity contribution in [3.63, 3.8) is 0 Å². The second kappa shape index (κ2) is 5.08. The van der Waals surface area contributed by atoms with Gasteiger partial charge in [0.05, 0.1) is 5.92 Å². The molecule has 0 radical (unpaired) electrons. The summed E-state index contributed by atoms with van der Waals surface area (Å²) in [6.07, 6.45) is 7.01. The molecule has 0 aromatic rings. The van der Waals surface area contributed by atoms with Crippen molar-refractivity contribution in [1.82, 2.24) is 0 Å². The minimum atomic E-state index is -0.00807. The zero-order chi connectivity index (χ0) is 13.6. The molecular formula is C16H27NO2. The summed E-state index contributed by atoms with van der Waals surface area (Å²) in [4.78, 5) is 12.4. The zero-order valence-corrected chi connectivity index (χ0v) is 12.2. The molecule has 3 aliphatic rings. The lowest BCUT2D eigenvalue weighted by Crippen LogP contribution is -2.42. The van der Waals surface area contributed by atoms with E-state index in [4.69, 9.17) is 10.5 Å². The van der Waals surface area contributed by atoms with Gasteiger partial charge >= 0.3 is 5.97 Å². The second-order valence-corrected chi connectivity index (χ2v) is 7.41. The first-order chi connectivity index (χ1) is 9.04. The van der Waals surface area contributed by atoms with Crippen LogP contribution in [0.3, 0.4) is 0 Å². The monoisotopic (exact) mass is 265 g/mol. The van der Waals surface area contributed by atoms with Crippen molar-refractivity contribution in [2.24, 2.45) is 35.3 Å². The predicted molar refractivity (Wildman–Crippen MR) is 74.4 cm³/mol. The van der Waals surface area contributed by atoms with Gasteiger partial charge in [-0.3, -0.25) is 4.79 Å². The second-order valence-electron chi connectivity index (χ2n) is 7.41. The van der Waals surface area contributed by atoms with E-state index in [1.54, 1.807) is 0 Å². The van der Waals surface area contributed by atoms with E-state index in [2.05, 4.69) is 13.8 Å². The number of carbonyl (C=O) groups excluding carboxylic acids is 1. The first-order valence-corrected chi connectivity index (χ1v) is 8.00. The number of nitrogens with two attached hydrogens (primary N) is 1. The summed E-state index contributed by atoms with van der Waals surface area (Å²) in [6, 6.07) is 0.0599. The van der Waals surface area contributed by atoms with E-state index >= 15 is 0 Å². The maximum absolute atomic E-state index is 12.4. The highest BCUT2D eigenvalue weighted by atomic mass is 16.5. The Morgan fingerprint density at radius 2 is 1.63 bits per heavy atom. The third-order valence-corrected chi connectivity index (χ3v) is 5.67. The van der Waals surface area contributed by atoms with Gasteiger partial charge in [0.15, 0.2) is 0 Å². The molecule has 0 saturated heterocycles. The smallest absolute Gasteiger partial charge is 0.311 e. The number of ether oxygens (including phenoxy) is 1. The topological polar surface area (TPSA) is 52.3 Å². The van der Waals surface area contributed by atoms with Gasteiger partial charge in [0.25, 0.3) is 0 Å². The number of hydrogen-bond donors (Lipinski definition) is 1. The Labute approximate surface area is 116 Å². The quantitative estimate of drug-likeness (QED) is 0.781. The van der Waals surface area contributed by atoms with Crippen molar-refractivity contribution in [2.75, 3.05) is 0 Å². The van der Waals surface area contributed by atoms with Crippen LogP contribution in [0, 0.1) is 29.6 Å². The van der Waals surface area contributed by atoms with Crippen molar-refractivity contribution in [1.29, 1.82) is 0 Å². The van der Waals surface area contributed by atoms with E-state index in [-0.39, 0.29) is 24.0 Å². The van der Waals surface area contributed by atoms with Gasteiger partial charge in [-0.25, -0.2) is 0 Å². The van der Waals surface area contributed by atoms with Crippen LogP contribution in [0.1, 0.15) is 52.4 Å². The SMILES string of the molecule is CC1CC(C)CC(OC(=O)C2C3CCC(C3)C2N)C1. The lowest BCUT2D eigenvalue weighted by atomic mass is 9.81. The highest BCUT2D eigenvalue weighted by molar-refractivity contribution is 5.74. The van der Waals surface area contributed by atoms with Gasteiger partial charge in [0.2, 0.25) is 0 Å². The Morgan fingerprint density at radius 3 is 2.21 bits per heavy atom. The Bertz CT molecular complexity index is 345. The van der Waals surface area contributed by atoms with Crippen LogP contribution in [0.15, 0.2) is 0 Å². The minimum absolute atomic E-state index is 0.00556. The molecule has 6 unspecified atom stereocenters. The van der Waals surface area contributed by atoms with Crippen molar-refractivity contribution in [3.05, 3.63) is 0 Å². The Kier molecular flexibility index (Phi) is 3.59. The normalized spacial score (nSPS) is 49.3. The molecule has 3 heteroatoms. The first-order valence-electron chi connectivity index (χ1n) is 8.00. The molecule has 6 atom stereocenters. The van der Waals surface area contributed by atoms with Crippen molar-refractivity contribution < 1.29 is 9.53 Å². The summed E-state index contributed by atoms with van der Waals surface area (Å²) in [5, 5.41) is 0. The van der Waals surface area contributed by atoms with Crippen LogP contribution >= 0.6 is 0 Å². The van der Waals surface area contributed by atoms with Crippen LogP contribution in [0.4, 0.5) is 0 Å². The lowest BCUT2D eigenvalue weighted by Gasteiger charge is -2.33. The molecule has 3 fully saturated rings. The molecule has 19 heavy (non-hydrogen) atoms. The van der Waals surface area contributed by atoms with Crippen molar-refractivity contribution in [2.45, 2.75) is 64.5 Å². The third-order valence-electron chi connectivity index (χ3n) is 5.67. The number of hydrogen-bond acceptors (Lipinski definition) is 3. The van der Waals surface area contributed by atoms with Gasteiger partial charge in [-0.15, -0.1) is 0 Å². The molecule has 2 bridgehead atoms. The van der Waals surface area contributed by atoms with Gasteiger partial charge in [0.1, 0.15) is 6.10 Å². The van der Waals surface area contributed by atoms with E-state index in [1.165, 1.54) is 19.3 Å². The summed E-state index contributed by atoms with van der Waals surface area (Å²) >= 11 is 0. The average molecular weight is 265 g/mol. The summed E-state index contributed by atoms with van der Waals surface area (Å²) in [5.74, 6) is 2.43. The highest BCUT2D eigenvalue weighted by Crippen LogP contribution is 2.48. The number of esters is 1. The molecule has 0 spiro atoms. The minimum Gasteiger partial charge on any atom is -0.462 e. The fourth-order valence-electron chi connectivity index (χ4n) is 4.90. The van der Waals surface area contributed by atoms with Crippen LogP contribution in [-0.4, -0.2) is 18.1 Å². The largest absolute Gasteiger partial charge is 0.462 e. The maximum atomic E-state index is 12.4. The average Bonchev–Trinajstić information content (AvgIpc) is 2.87. The summed E-state index contributed by atoms with van der Waals surface area (Å²) < 4.78 is 5.82. The molecule has 0 aromatic heterocycles. The molecule has 0 heterocycles. The van der Waals surface area contributed by atoms with Crippen molar-refractivity contribution in [3.8, 4) is 0 Å². The van der Waals surface area contributed by atoms with Crippen LogP contribution in [0.25, 0.3) is 0 Å². The first kappa shape index (κ1) is 13.4. The van der Waals surface area contributed by atoms with E-state index in [0.29, 0.717) is 23.7 Å². The van der Waals surface area contributed by atoms with E-state index in [1.807, 2.05) is 0 Å². The molecule has 0 amide bonds. The molecule has 2 N–H and O–H groups in total. The van der Waals surface area contributed by atoms with E-state index in [0.717, 1.165) is 19.3 Å². The van der Waals surface area contributed by atoms with Crippen LogP contribution in [-0.2, 0) is 9.53 Å². The van der Waals surface area contributed by atoms with Gasteiger partial charge in [-0.1, -0.05) is 13.8 Å². The fourth-order valence-corrected chi connectivity index (χ4v) is 4.90. The van der Waals surface area contributed by atoms with Crippen LogP contribution in [0.5, 0.6) is 0 Å². The molecule has 3 saturated carbocycles. The summed E-state index contributed by atoms with van der Waals surface area (Å²) in [6.45, 7) is 4.53. The predicted octanol–water partition coefficient (Wildman–Crippen LogP) is 2.73. The summed E-state index contributed by atoms with van der Waals surface area (Å²) in [5.41, 5.74) is 6.22. The molecular weight excluding hydrogens is 238 g/mol. The third kappa shape index (κ3) is 2.54. The van der Waals surface area contributed by atoms with E-state index < -0.39 is 0 Å². The molecule has 3 nitrogen and oxygen atoms in total. The van der Waals surface area contributed by atoms with Crippen LogP contribution in [0.2, 0.25) is 0 Å². The Morgan fingerprint density at radius 1 is 1.00 bits per heavy atom. The molecule has 0 aromatic carbocycles. The highest BCUT2D eigenvalue weighted by Gasteiger charge is 2.50. The molecule has 3 rings (SSSR count). The lowest BCUT2D eigenvalue weighted by molar-refractivity contribution is -0.159. The number of fused-ring (bicyclic) bond motifs is 2. The van der Waals surface area contributed by atoms with Gasteiger partial charge in [-0.05, 0) is 62.2 Å². The van der Waals surface area contributed by atoms with Gasteiger partial charge < -0.3 is 10.5 Å². The Balaban J connectivity index is 1.59. The maximum Gasteiger partial charge on any atom is 0.311 e. The Hall–Kier alpha value is -0.570. The fraction of sp³-hybridized carbons (Fsp3) is 0.938. The van der Waals surface area contributed by atoms with Gasteiger partial charge in [0, 0.05) is 6.04 Å². The van der Waals surface area contributed by atoms with Gasteiger partial charge in [-0.2, -0.15) is 0 Å². The van der Waals surface area contributed by atoms with E-state index in [9.17, 15) is 4.79 Å². The number of carbonyl (C=O) groups is 1. The molecule has 108 valence electrons.